The third-order valence-electron chi connectivity index (χ3n) is 4.23. The normalized spacial score (nSPS) is 11.0. The van der Waals surface area contributed by atoms with E-state index in [1.165, 1.54) is 5.56 Å². The van der Waals surface area contributed by atoms with Crippen LogP contribution in [-0.4, -0.2) is 24.9 Å². The summed E-state index contributed by atoms with van der Waals surface area (Å²) in [7, 11) is 0. The van der Waals surface area contributed by atoms with Gasteiger partial charge in [-0.3, -0.25) is 9.59 Å². The third kappa shape index (κ3) is 6.36. The molecule has 0 saturated carbocycles. The summed E-state index contributed by atoms with van der Waals surface area (Å²) in [6, 6.07) is 17.5. The van der Waals surface area contributed by atoms with Crippen LogP contribution in [0.25, 0.3) is 0 Å². The highest BCUT2D eigenvalue weighted by atomic mass is 16.2. The molecule has 4 heteroatoms. The van der Waals surface area contributed by atoms with Gasteiger partial charge in [0.15, 0.2) is 0 Å². The van der Waals surface area contributed by atoms with Gasteiger partial charge in [0.1, 0.15) is 0 Å². The molecule has 0 aliphatic heterocycles. The second-order valence-electron chi connectivity index (χ2n) is 7.42. The number of rotatable bonds is 7. The van der Waals surface area contributed by atoms with Crippen LogP contribution in [0.4, 0.5) is 0 Å². The lowest BCUT2D eigenvalue weighted by Gasteiger charge is -2.19. The van der Waals surface area contributed by atoms with Gasteiger partial charge in [-0.05, 0) is 35.1 Å². The molecule has 138 valence electrons. The molecule has 0 atom stereocenters. The van der Waals surface area contributed by atoms with Crippen LogP contribution >= 0.6 is 0 Å². The fourth-order valence-corrected chi connectivity index (χ4v) is 2.59. The van der Waals surface area contributed by atoms with Crippen molar-refractivity contribution >= 4 is 11.8 Å². The first-order valence-electron chi connectivity index (χ1n) is 9.05. The lowest BCUT2D eigenvalue weighted by atomic mass is 9.86. The second-order valence-corrected chi connectivity index (χ2v) is 7.42. The van der Waals surface area contributed by atoms with Gasteiger partial charge in [0.2, 0.25) is 5.91 Å². The van der Waals surface area contributed by atoms with E-state index < -0.39 is 0 Å². The largest absolute Gasteiger partial charge is 0.354 e. The van der Waals surface area contributed by atoms with Crippen LogP contribution in [-0.2, 0) is 16.6 Å². The average Bonchev–Trinajstić information content (AvgIpc) is 2.63. The average molecular weight is 352 g/mol. The number of amides is 2. The predicted octanol–water partition coefficient (Wildman–Crippen LogP) is 3.46. The van der Waals surface area contributed by atoms with Crippen LogP contribution in [0.3, 0.4) is 0 Å². The van der Waals surface area contributed by atoms with E-state index in [0.717, 1.165) is 5.56 Å². The van der Waals surface area contributed by atoms with E-state index in [9.17, 15) is 9.59 Å². The summed E-state index contributed by atoms with van der Waals surface area (Å²) in [6.07, 6.45) is 1.16. The Morgan fingerprint density at radius 3 is 2.08 bits per heavy atom. The zero-order valence-corrected chi connectivity index (χ0v) is 15.8. The molecule has 0 fully saturated rings. The Bertz CT molecular complexity index is 716. The minimum atomic E-state index is -0.126. The zero-order chi connectivity index (χ0) is 19.0. The molecule has 0 heterocycles. The van der Waals surface area contributed by atoms with Crippen molar-refractivity contribution < 1.29 is 9.59 Å². The Morgan fingerprint density at radius 2 is 1.46 bits per heavy atom. The zero-order valence-electron chi connectivity index (χ0n) is 15.8. The van der Waals surface area contributed by atoms with Crippen LogP contribution in [0, 0.1) is 0 Å². The molecule has 0 aliphatic rings. The van der Waals surface area contributed by atoms with Crippen LogP contribution in [0.2, 0.25) is 0 Å². The molecular formula is C22H28N2O2. The number of hydrogen-bond acceptors (Lipinski definition) is 2. The minimum absolute atomic E-state index is 0.00106. The summed E-state index contributed by atoms with van der Waals surface area (Å²) in [6.45, 7) is 7.41. The molecule has 2 N–H and O–H groups in total. The highest BCUT2D eigenvalue weighted by Crippen LogP contribution is 2.22. The standard InChI is InChI=1S/C22H28N2O2/c1-22(2,3)19-12-9-17(10-13-19)11-14-20(25)23-15-16-24-21(26)18-7-5-4-6-8-18/h4-10,12-13H,11,14-16H2,1-3H3,(H,23,25)(H,24,26). The van der Waals surface area contributed by atoms with Crippen molar-refractivity contribution in [2.24, 2.45) is 0 Å². The van der Waals surface area contributed by atoms with Crippen molar-refractivity contribution in [2.45, 2.75) is 39.0 Å². The first-order valence-corrected chi connectivity index (χ1v) is 9.05. The van der Waals surface area contributed by atoms with Crippen LogP contribution in [0.15, 0.2) is 54.6 Å². The molecule has 0 aliphatic carbocycles. The summed E-state index contributed by atoms with van der Waals surface area (Å²) in [4.78, 5) is 23.8. The molecule has 0 spiro atoms. The number of benzene rings is 2. The lowest BCUT2D eigenvalue weighted by molar-refractivity contribution is -0.121. The molecule has 26 heavy (non-hydrogen) atoms. The number of nitrogens with one attached hydrogen (secondary N) is 2. The number of aryl methyl sites for hydroxylation is 1. The third-order valence-corrected chi connectivity index (χ3v) is 4.23. The van der Waals surface area contributed by atoms with Crippen LogP contribution in [0.1, 0.15) is 48.7 Å². The van der Waals surface area contributed by atoms with Gasteiger partial charge in [-0.15, -0.1) is 0 Å². The van der Waals surface area contributed by atoms with Crippen molar-refractivity contribution in [3.63, 3.8) is 0 Å². The van der Waals surface area contributed by atoms with E-state index in [4.69, 9.17) is 0 Å². The maximum Gasteiger partial charge on any atom is 0.251 e. The Morgan fingerprint density at radius 1 is 0.846 bits per heavy atom. The second kappa shape index (κ2) is 9.18. The van der Waals surface area contributed by atoms with Crippen molar-refractivity contribution in [1.29, 1.82) is 0 Å². The smallest absolute Gasteiger partial charge is 0.251 e. The summed E-state index contributed by atoms with van der Waals surface area (Å²) < 4.78 is 0. The number of hydrogen-bond donors (Lipinski definition) is 2. The molecule has 0 unspecified atom stereocenters. The maximum atomic E-state index is 11.9. The van der Waals surface area contributed by atoms with Gasteiger partial charge < -0.3 is 10.6 Å². The molecule has 2 amide bonds. The first kappa shape index (κ1) is 19.7. The Labute approximate surface area is 156 Å². The summed E-state index contributed by atoms with van der Waals surface area (Å²) in [5, 5.41) is 5.64. The van der Waals surface area contributed by atoms with Gasteiger partial charge in [0.25, 0.3) is 5.91 Å². The van der Waals surface area contributed by atoms with Gasteiger partial charge in [0.05, 0.1) is 0 Å². The molecule has 0 saturated heterocycles. The van der Waals surface area contributed by atoms with E-state index in [0.29, 0.717) is 31.5 Å². The van der Waals surface area contributed by atoms with Crippen molar-refractivity contribution in [3.05, 3.63) is 71.3 Å². The van der Waals surface area contributed by atoms with Gasteiger partial charge >= 0.3 is 0 Å². The molecule has 0 radical (unpaired) electrons. The predicted molar refractivity (Wildman–Crippen MR) is 105 cm³/mol. The number of carbonyl (C=O) groups is 2. The van der Waals surface area contributed by atoms with Crippen molar-refractivity contribution in [3.8, 4) is 0 Å². The molecule has 2 aromatic carbocycles. The fraction of sp³-hybridized carbons (Fsp3) is 0.364. The number of carbonyl (C=O) groups excluding carboxylic acids is 2. The minimum Gasteiger partial charge on any atom is -0.354 e. The van der Waals surface area contributed by atoms with Gasteiger partial charge in [-0.25, -0.2) is 0 Å². The SMILES string of the molecule is CC(C)(C)c1ccc(CCC(=O)NCCNC(=O)c2ccccc2)cc1. The van der Waals surface area contributed by atoms with Crippen LogP contribution < -0.4 is 10.6 Å². The highest BCUT2D eigenvalue weighted by Gasteiger charge is 2.13. The van der Waals surface area contributed by atoms with E-state index >= 15 is 0 Å². The Balaban J connectivity index is 1.65. The molecule has 4 nitrogen and oxygen atoms in total. The Kier molecular flexibility index (Phi) is 6.96. The van der Waals surface area contributed by atoms with Crippen LogP contribution in [0.5, 0.6) is 0 Å². The molecule has 2 aromatic rings. The molecule has 0 bridgehead atoms. The summed E-state index contributed by atoms with van der Waals surface area (Å²) in [5.41, 5.74) is 3.21. The summed E-state index contributed by atoms with van der Waals surface area (Å²) in [5.74, 6) is -0.127. The maximum absolute atomic E-state index is 11.9. The van der Waals surface area contributed by atoms with Gasteiger partial charge in [0, 0.05) is 25.1 Å². The van der Waals surface area contributed by atoms with Crippen molar-refractivity contribution in [2.75, 3.05) is 13.1 Å². The first-order chi connectivity index (χ1) is 12.4. The van der Waals surface area contributed by atoms with E-state index in [-0.39, 0.29) is 17.2 Å². The molecule has 2 rings (SSSR count). The van der Waals surface area contributed by atoms with E-state index in [2.05, 4.69) is 55.7 Å². The topological polar surface area (TPSA) is 58.2 Å². The molecule has 0 aromatic heterocycles. The fourth-order valence-electron chi connectivity index (χ4n) is 2.59. The monoisotopic (exact) mass is 352 g/mol. The van der Waals surface area contributed by atoms with Gasteiger partial charge in [-0.2, -0.15) is 0 Å². The summed E-state index contributed by atoms with van der Waals surface area (Å²) >= 11 is 0. The van der Waals surface area contributed by atoms with Crippen molar-refractivity contribution in [1.82, 2.24) is 10.6 Å². The Hall–Kier alpha value is -2.62. The molecular weight excluding hydrogens is 324 g/mol. The van der Waals surface area contributed by atoms with Gasteiger partial charge in [-0.1, -0.05) is 63.2 Å². The van der Waals surface area contributed by atoms with E-state index in [1.807, 2.05) is 18.2 Å². The lowest BCUT2D eigenvalue weighted by Crippen LogP contribution is -2.34. The van der Waals surface area contributed by atoms with E-state index in [1.54, 1.807) is 12.1 Å². The highest BCUT2D eigenvalue weighted by molar-refractivity contribution is 5.94. The quantitative estimate of drug-likeness (QED) is 0.750.